The minimum atomic E-state index is -0.602. The Morgan fingerprint density at radius 1 is 1.37 bits per heavy atom. The van der Waals surface area contributed by atoms with Crippen molar-refractivity contribution in [2.75, 3.05) is 26.3 Å². The summed E-state index contributed by atoms with van der Waals surface area (Å²) in [6.45, 7) is 1.69. The Morgan fingerprint density at radius 2 is 2.05 bits per heavy atom. The molecule has 0 spiro atoms. The fourth-order valence-electron chi connectivity index (χ4n) is 1.81. The Hall–Kier alpha value is -2.22. The number of morpholine rings is 1. The van der Waals surface area contributed by atoms with Crippen molar-refractivity contribution >= 4 is 11.6 Å². The van der Waals surface area contributed by atoms with Crippen LogP contribution in [-0.2, 0) is 16.1 Å². The summed E-state index contributed by atoms with van der Waals surface area (Å²) in [5, 5.41) is 10.6. The lowest BCUT2D eigenvalue weighted by molar-refractivity contribution is -0.385. The SMILES string of the molecule is O=C(Cn1cc([N+](=O)[O-])ccc1=O)N1CCOCC1. The molecule has 1 saturated heterocycles. The average Bonchev–Trinajstić information content (AvgIpc) is 2.42. The van der Waals surface area contributed by atoms with Gasteiger partial charge in [-0.15, -0.1) is 0 Å². The topological polar surface area (TPSA) is 94.7 Å². The van der Waals surface area contributed by atoms with Crippen LogP contribution in [0.3, 0.4) is 0 Å². The van der Waals surface area contributed by atoms with Gasteiger partial charge in [-0.1, -0.05) is 0 Å². The second kappa shape index (κ2) is 5.61. The molecule has 1 aliphatic rings. The molecule has 0 radical (unpaired) electrons. The first-order valence-electron chi connectivity index (χ1n) is 5.78. The van der Waals surface area contributed by atoms with E-state index in [-0.39, 0.29) is 18.1 Å². The van der Waals surface area contributed by atoms with Crippen molar-refractivity contribution in [3.63, 3.8) is 0 Å². The predicted octanol–water partition coefficient (Wildman–Crippen LogP) is -0.385. The summed E-state index contributed by atoms with van der Waals surface area (Å²) in [4.78, 5) is 35.1. The van der Waals surface area contributed by atoms with Crippen LogP contribution >= 0.6 is 0 Å². The minimum absolute atomic E-state index is 0.194. The highest BCUT2D eigenvalue weighted by Gasteiger charge is 2.18. The molecule has 8 nitrogen and oxygen atoms in total. The van der Waals surface area contributed by atoms with Crippen molar-refractivity contribution in [1.29, 1.82) is 0 Å². The van der Waals surface area contributed by atoms with Crippen LogP contribution in [0.1, 0.15) is 0 Å². The van der Waals surface area contributed by atoms with Gasteiger partial charge in [-0.2, -0.15) is 0 Å². The van der Waals surface area contributed by atoms with Gasteiger partial charge in [-0.05, 0) is 0 Å². The van der Waals surface area contributed by atoms with E-state index in [9.17, 15) is 19.7 Å². The number of amides is 1. The summed E-state index contributed by atoms with van der Waals surface area (Å²) in [6.07, 6.45) is 1.08. The van der Waals surface area contributed by atoms with Gasteiger partial charge in [0.1, 0.15) is 6.54 Å². The molecule has 2 rings (SSSR count). The molecule has 1 aromatic rings. The maximum atomic E-state index is 11.9. The Balaban J connectivity index is 2.13. The quantitative estimate of drug-likeness (QED) is 0.549. The van der Waals surface area contributed by atoms with Gasteiger partial charge in [0.05, 0.1) is 24.3 Å². The highest BCUT2D eigenvalue weighted by atomic mass is 16.6. The lowest BCUT2D eigenvalue weighted by Gasteiger charge is -2.26. The molecule has 0 atom stereocenters. The molecule has 8 heteroatoms. The number of hydrogen-bond acceptors (Lipinski definition) is 5. The fraction of sp³-hybridized carbons (Fsp3) is 0.455. The van der Waals surface area contributed by atoms with Gasteiger partial charge < -0.3 is 9.64 Å². The number of ether oxygens (including phenoxy) is 1. The molecule has 0 aliphatic carbocycles. The first-order valence-corrected chi connectivity index (χ1v) is 5.78. The highest BCUT2D eigenvalue weighted by molar-refractivity contribution is 5.76. The van der Waals surface area contributed by atoms with E-state index in [1.807, 2.05) is 0 Å². The second-order valence-electron chi connectivity index (χ2n) is 4.10. The van der Waals surface area contributed by atoms with E-state index in [2.05, 4.69) is 0 Å². The molecule has 0 aromatic carbocycles. The van der Waals surface area contributed by atoms with E-state index >= 15 is 0 Å². The normalized spacial score (nSPS) is 15.3. The zero-order chi connectivity index (χ0) is 13.8. The zero-order valence-corrected chi connectivity index (χ0v) is 10.2. The van der Waals surface area contributed by atoms with Crippen molar-refractivity contribution in [3.8, 4) is 0 Å². The van der Waals surface area contributed by atoms with Gasteiger partial charge in [-0.3, -0.25) is 24.3 Å². The number of carbonyl (C=O) groups excluding carboxylic acids is 1. The van der Waals surface area contributed by atoms with Crippen molar-refractivity contribution in [1.82, 2.24) is 9.47 Å². The molecular formula is C11H13N3O5. The van der Waals surface area contributed by atoms with E-state index < -0.39 is 10.5 Å². The van der Waals surface area contributed by atoms with Crippen LogP contribution in [0.15, 0.2) is 23.1 Å². The van der Waals surface area contributed by atoms with Crippen molar-refractivity contribution in [3.05, 3.63) is 38.8 Å². The monoisotopic (exact) mass is 267 g/mol. The van der Waals surface area contributed by atoms with Crippen LogP contribution in [0.5, 0.6) is 0 Å². The maximum Gasteiger partial charge on any atom is 0.285 e. The number of rotatable bonds is 3. The van der Waals surface area contributed by atoms with Gasteiger partial charge in [0.25, 0.3) is 11.2 Å². The summed E-state index contributed by atoms with van der Waals surface area (Å²) in [7, 11) is 0. The van der Waals surface area contributed by atoms with Crippen LogP contribution in [0, 0.1) is 10.1 Å². The Bertz CT molecular complexity index is 548. The van der Waals surface area contributed by atoms with E-state index in [4.69, 9.17) is 4.74 Å². The molecule has 2 heterocycles. The van der Waals surface area contributed by atoms with Gasteiger partial charge in [0.2, 0.25) is 5.91 Å². The van der Waals surface area contributed by atoms with Crippen molar-refractivity contribution < 1.29 is 14.5 Å². The molecule has 1 aliphatic heterocycles. The lowest BCUT2D eigenvalue weighted by Crippen LogP contribution is -2.43. The van der Waals surface area contributed by atoms with E-state index in [0.29, 0.717) is 26.3 Å². The molecule has 0 saturated carbocycles. The van der Waals surface area contributed by atoms with Crippen LogP contribution in [0.2, 0.25) is 0 Å². The van der Waals surface area contributed by atoms with Crippen LogP contribution < -0.4 is 5.56 Å². The molecule has 102 valence electrons. The van der Waals surface area contributed by atoms with Gasteiger partial charge in [0, 0.05) is 25.2 Å². The molecule has 1 aromatic heterocycles. The summed E-state index contributed by atoms with van der Waals surface area (Å²) in [5.74, 6) is -0.245. The third kappa shape index (κ3) is 3.16. The zero-order valence-electron chi connectivity index (χ0n) is 10.2. The summed E-state index contributed by atoms with van der Waals surface area (Å²) >= 11 is 0. The molecule has 1 fully saturated rings. The molecular weight excluding hydrogens is 254 g/mol. The third-order valence-electron chi connectivity index (χ3n) is 2.85. The number of nitro groups is 1. The first kappa shape index (κ1) is 13.2. The standard InChI is InChI=1S/C11H13N3O5/c15-10-2-1-9(14(17)18)7-13(10)8-11(16)12-3-5-19-6-4-12/h1-2,7H,3-6,8H2. The van der Waals surface area contributed by atoms with Crippen molar-refractivity contribution in [2.24, 2.45) is 0 Å². The molecule has 0 bridgehead atoms. The van der Waals surface area contributed by atoms with E-state index in [1.165, 1.54) is 0 Å². The fourth-order valence-corrected chi connectivity index (χ4v) is 1.81. The Kier molecular flexibility index (Phi) is 3.91. The average molecular weight is 267 g/mol. The summed E-state index contributed by atoms with van der Waals surface area (Å²) in [6, 6.07) is 2.21. The summed E-state index contributed by atoms with van der Waals surface area (Å²) in [5.41, 5.74) is -0.651. The van der Waals surface area contributed by atoms with Crippen LogP contribution in [0.25, 0.3) is 0 Å². The number of hydrogen-bond donors (Lipinski definition) is 0. The van der Waals surface area contributed by atoms with Gasteiger partial charge in [-0.25, -0.2) is 0 Å². The minimum Gasteiger partial charge on any atom is -0.378 e. The smallest absolute Gasteiger partial charge is 0.285 e. The maximum absolute atomic E-state index is 11.9. The van der Waals surface area contributed by atoms with E-state index in [0.717, 1.165) is 22.9 Å². The number of pyridine rings is 1. The number of nitrogens with zero attached hydrogens (tertiary/aromatic N) is 3. The first-order chi connectivity index (χ1) is 9.08. The van der Waals surface area contributed by atoms with Crippen LogP contribution in [-0.4, -0.2) is 46.6 Å². The molecule has 19 heavy (non-hydrogen) atoms. The summed E-state index contributed by atoms with van der Waals surface area (Å²) < 4.78 is 6.17. The molecule has 0 N–H and O–H groups in total. The van der Waals surface area contributed by atoms with Crippen molar-refractivity contribution in [2.45, 2.75) is 6.54 Å². The van der Waals surface area contributed by atoms with Gasteiger partial charge in [0.15, 0.2) is 0 Å². The second-order valence-corrected chi connectivity index (χ2v) is 4.10. The predicted molar refractivity (Wildman–Crippen MR) is 64.8 cm³/mol. The number of aromatic nitrogens is 1. The van der Waals surface area contributed by atoms with Crippen LogP contribution in [0.4, 0.5) is 5.69 Å². The Labute approximate surface area is 108 Å². The van der Waals surface area contributed by atoms with E-state index in [1.54, 1.807) is 4.90 Å². The molecule has 1 amide bonds. The lowest BCUT2D eigenvalue weighted by atomic mass is 10.3. The highest BCUT2D eigenvalue weighted by Crippen LogP contribution is 2.07. The third-order valence-corrected chi connectivity index (χ3v) is 2.85. The van der Waals surface area contributed by atoms with Gasteiger partial charge >= 0.3 is 0 Å². The Morgan fingerprint density at radius 3 is 2.68 bits per heavy atom. The molecule has 0 unspecified atom stereocenters. The largest absolute Gasteiger partial charge is 0.378 e. The number of carbonyl (C=O) groups is 1.